The fourth-order valence-corrected chi connectivity index (χ4v) is 2.46. The first kappa shape index (κ1) is 14.7. The first-order chi connectivity index (χ1) is 9.52. The van der Waals surface area contributed by atoms with Crippen molar-refractivity contribution in [2.75, 3.05) is 33.3 Å². The van der Waals surface area contributed by atoms with E-state index in [2.05, 4.69) is 0 Å². The second-order valence-corrected chi connectivity index (χ2v) is 5.05. The maximum atomic E-state index is 12.4. The predicted molar refractivity (Wildman–Crippen MR) is 76.2 cm³/mol. The molecule has 0 atom stereocenters. The topological polar surface area (TPSA) is 49.9 Å². The normalized spacial score (nSPS) is 15.2. The molecule has 108 valence electrons. The van der Waals surface area contributed by atoms with Crippen LogP contribution in [-0.2, 0) is 4.79 Å². The van der Waals surface area contributed by atoms with Crippen molar-refractivity contribution in [2.24, 2.45) is 0 Å². The monoisotopic (exact) mass is 296 g/mol. The molecule has 20 heavy (non-hydrogen) atoms. The highest BCUT2D eigenvalue weighted by atomic mass is 35.5. The highest BCUT2D eigenvalue weighted by molar-refractivity contribution is 6.32. The molecule has 0 N–H and O–H groups in total. The van der Waals surface area contributed by atoms with Gasteiger partial charge >= 0.3 is 0 Å². The molecule has 0 saturated carbocycles. The maximum Gasteiger partial charge on any atom is 0.254 e. The molecular weight excluding hydrogens is 280 g/mol. The fourth-order valence-electron chi connectivity index (χ4n) is 2.21. The van der Waals surface area contributed by atoms with Crippen LogP contribution in [0.4, 0.5) is 0 Å². The maximum absolute atomic E-state index is 12.4. The summed E-state index contributed by atoms with van der Waals surface area (Å²) in [5.74, 6) is 0.520. The number of nitrogens with zero attached hydrogens (tertiary/aromatic N) is 2. The summed E-state index contributed by atoms with van der Waals surface area (Å²) in [5.41, 5.74) is 0.534. The smallest absolute Gasteiger partial charge is 0.254 e. The third-order valence-corrected chi connectivity index (χ3v) is 3.71. The number of benzene rings is 1. The van der Waals surface area contributed by atoms with Gasteiger partial charge in [-0.2, -0.15) is 0 Å². The number of ether oxygens (including phenoxy) is 1. The molecule has 0 aromatic heterocycles. The first-order valence-electron chi connectivity index (χ1n) is 6.41. The molecule has 0 radical (unpaired) electrons. The van der Waals surface area contributed by atoms with Crippen LogP contribution in [0.2, 0.25) is 5.02 Å². The molecule has 1 aromatic rings. The van der Waals surface area contributed by atoms with E-state index < -0.39 is 0 Å². The summed E-state index contributed by atoms with van der Waals surface area (Å²) in [5, 5.41) is 0.417. The third kappa shape index (κ3) is 3.04. The van der Waals surface area contributed by atoms with E-state index in [9.17, 15) is 9.59 Å². The summed E-state index contributed by atoms with van der Waals surface area (Å²) in [4.78, 5) is 27.1. The van der Waals surface area contributed by atoms with Crippen LogP contribution >= 0.6 is 11.6 Å². The zero-order valence-corrected chi connectivity index (χ0v) is 12.3. The number of halogens is 1. The van der Waals surface area contributed by atoms with Gasteiger partial charge in [-0.1, -0.05) is 11.6 Å². The second-order valence-electron chi connectivity index (χ2n) is 4.65. The van der Waals surface area contributed by atoms with Gasteiger partial charge in [-0.25, -0.2) is 0 Å². The molecule has 1 saturated heterocycles. The number of hydrogen-bond acceptors (Lipinski definition) is 3. The Morgan fingerprint density at radius 2 is 1.75 bits per heavy atom. The van der Waals surface area contributed by atoms with Gasteiger partial charge in [0.05, 0.1) is 12.1 Å². The quantitative estimate of drug-likeness (QED) is 0.834. The Labute approximate surface area is 123 Å². The molecule has 2 rings (SSSR count). The number of piperazine rings is 1. The average molecular weight is 297 g/mol. The van der Waals surface area contributed by atoms with Gasteiger partial charge in [0.25, 0.3) is 5.91 Å². The number of carbonyl (C=O) groups is 2. The lowest BCUT2D eigenvalue weighted by Gasteiger charge is -2.34. The largest absolute Gasteiger partial charge is 0.495 e. The molecule has 0 bridgehead atoms. The van der Waals surface area contributed by atoms with Gasteiger partial charge in [0.1, 0.15) is 5.75 Å². The number of hydrogen-bond donors (Lipinski definition) is 0. The second kappa shape index (κ2) is 6.13. The van der Waals surface area contributed by atoms with Gasteiger partial charge in [0.2, 0.25) is 5.91 Å². The van der Waals surface area contributed by atoms with Crippen molar-refractivity contribution in [3.8, 4) is 5.75 Å². The van der Waals surface area contributed by atoms with E-state index in [0.29, 0.717) is 42.5 Å². The van der Waals surface area contributed by atoms with Crippen LogP contribution in [0.15, 0.2) is 18.2 Å². The van der Waals surface area contributed by atoms with Crippen molar-refractivity contribution in [3.63, 3.8) is 0 Å². The molecule has 0 unspecified atom stereocenters. The van der Waals surface area contributed by atoms with Gasteiger partial charge in [0.15, 0.2) is 0 Å². The van der Waals surface area contributed by atoms with E-state index in [1.165, 1.54) is 7.11 Å². The van der Waals surface area contributed by atoms with E-state index >= 15 is 0 Å². The highest BCUT2D eigenvalue weighted by Gasteiger charge is 2.23. The van der Waals surface area contributed by atoms with E-state index in [1.54, 1.807) is 34.9 Å². The Balaban J connectivity index is 2.05. The molecule has 1 fully saturated rings. The molecule has 1 aliphatic rings. The van der Waals surface area contributed by atoms with Gasteiger partial charge in [-0.15, -0.1) is 0 Å². The van der Waals surface area contributed by atoms with Gasteiger partial charge < -0.3 is 14.5 Å². The van der Waals surface area contributed by atoms with E-state index in [4.69, 9.17) is 16.3 Å². The molecule has 1 aliphatic heterocycles. The van der Waals surface area contributed by atoms with Gasteiger partial charge in [0, 0.05) is 38.7 Å². The summed E-state index contributed by atoms with van der Waals surface area (Å²) in [6.45, 7) is 3.78. The minimum atomic E-state index is -0.0715. The average Bonchev–Trinajstić information content (AvgIpc) is 2.46. The Morgan fingerprint density at radius 3 is 2.25 bits per heavy atom. The first-order valence-corrected chi connectivity index (χ1v) is 6.79. The zero-order valence-electron chi connectivity index (χ0n) is 11.6. The lowest BCUT2D eigenvalue weighted by atomic mass is 10.1. The molecular formula is C14H17ClN2O3. The van der Waals surface area contributed by atoms with Crippen LogP contribution in [0.3, 0.4) is 0 Å². The zero-order chi connectivity index (χ0) is 14.7. The Kier molecular flexibility index (Phi) is 4.49. The number of methoxy groups -OCH3 is 1. The SMILES string of the molecule is COc1ccc(C(=O)N2CCN(C(C)=O)CC2)cc1Cl. The molecule has 0 spiro atoms. The Hall–Kier alpha value is -1.75. The molecule has 0 aliphatic carbocycles. The molecule has 5 nitrogen and oxygen atoms in total. The van der Waals surface area contributed by atoms with Gasteiger partial charge in [-0.05, 0) is 18.2 Å². The number of carbonyl (C=O) groups excluding carboxylic acids is 2. The number of amides is 2. The van der Waals surface area contributed by atoms with Crippen LogP contribution < -0.4 is 4.74 Å². The van der Waals surface area contributed by atoms with Crippen molar-refractivity contribution in [1.29, 1.82) is 0 Å². The Morgan fingerprint density at radius 1 is 1.15 bits per heavy atom. The number of rotatable bonds is 2. The molecule has 1 aromatic carbocycles. The Bertz CT molecular complexity index is 525. The molecule has 6 heteroatoms. The lowest BCUT2D eigenvalue weighted by molar-refractivity contribution is -0.130. The standard InChI is InChI=1S/C14H17ClN2O3/c1-10(18)16-5-7-17(8-6-16)14(19)11-3-4-13(20-2)12(15)9-11/h3-4,9H,5-8H2,1-2H3. The minimum absolute atomic E-state index is 0.0459. The molecule has 1 heterocycles. The van der Waals surface area contributed by atoms with Crippen molar-refractivity contribution in [1.82, 2.24) is 9.80 Å². The lowest BCUT2D eigenvalue weighted by Crippen LogP contribution is -2.50. The summed E-state index contributed by atoms with van der Waals surface area (Å²) in [7, 11) is 1.53. The van der Waals surface area contributed by atoms with Crippen LogP contribution in [0.25, 0.3) is 0 Å². The van der Waals surface area contributed by atoms with Gasteiger partial charge in [-0.3, -0.25) is 9.59 Å². The summed E-state index contributed by atoms with van der Waals surface area (Å²) >= 11 is 6.03. The van der Waals surface area contributed by atoms with Crippen LogP contribution in [-0.4, -0.2) is 54.9 Å². The van der Waals surface area contributed by atoms with E-state index in [1.807, 2.05) is 0 Å². The van der Waals surface area contributed by atoms with Crippen LogP contribution in [0.5, 0.6) is 5.75 Å². The third-order valence-electron chi connectivity index (χ3n) is 3.41. The summed E-state index contributed by atoms with van der Waals surface area (Å²) in [6, 6.07) is 4.99. The summed E-state index contributed by atoms with van der Waals surface area (Å²) < 4.78 is 5.06. The van der Waals surface area contributed by atoms with Crippen molar-refractivity contribution in [3.05, 3.63) is 28.8 Å². The molecule has 2 amide bonds. The minimum Gasteiger partial charge on any atom is -0.495 e. The van der Waals surface area contributed by atoms with Crippen molar-refractivity contribution in [2.45, 2.75) is 6.92 Å². The fraction of sp³-hybridized carbons (Fsp3) is 0.429. The van der Waals surface area contributed by atoms with E-state index in [-0.39, 0.29) is 11.8 Å². The predicted octanol–water partition coefficient (Wildman–Crippen LogP) is 1.65. The van der Waals surface area contributed by atoms with Crippen LogP contribution in [0, 0.1) is 0 Å². The van der Waals surface area contributed by atoms with Crippen molar-refractivity contribution >= 4 is 23.4 Å². The van der Waals surface area contributed by atoms with Crippen LogP contribution in [0.1, 0.15) is 17.3 Å². The summed E-state index contributed by atoms with van der Waals surface area (Å²) in [6.07, 6.45) is 0. The highest BCUT2D eigenvalue weighted by Crippen LogP contribution is 2.25. The van der Waals surface area contributed by atoms with Crippen molar-refractivity contribution < 1.29 is 14.3 Å². The van der Waals surface area contributed by atoms with E-state index in [0.717, 1.165) is 0 Å².